The van der Waals surface area contributed by atoms with Gasteiger partial charge in [0.25, 0.3) is 0 Å². The number of rotatable bonds is 10. The Labute approximate surface area is 134 Å². The fourth-order valence-electron chi connectivity index (χ4n) is 3.35. The van der Waals surface area contributed by atoms with E-state index >= 15 is 0 Å². The topological polar surface area (TPSA) is 49.3 Å². The summed E-state index contributed by atoms with van der Waals surface area (Å²) in [6.07, 6.45) is 13.9. The summed E-state index contributed by atoms with van der Waals surface area (Å²) in [4.78, 5) is 10.8. The van der Waals surface area contributed by atoms with Gasteiger partial charge in [0.15, 0.2) is 0 Å². The number of carboxylic acid groups (broad SMARTS) is 1. The van der Waals surface area contributed by atoms with Crippen LogP contribution in [0.2, 0.25) is 0 Å². The Balaban J connectivity index is 1.46. The fraction of sp³-hybridized carbons (Fsp3) is 0.632. The standard InChI is InChI=1S/C19H29NO2/c21-19(22)17-11-13-18(14-12-17)20-15-7-3-1-2-4-8-16-9-5-6-10-16/h11-14,16,20H,1-10,15H2,(H,21,22). The highest BCUT2D eigenvalue weighted by molar-refractivity contribution is 5.87. The molecule has 0 bridgehead atoms. The molecule has 1 saturated carbocycles. The van der Waals surface area contributed by atoms with E-state index in [9.17, 15) is 4.79 Å². The van der Waals surface area contributed by atoms with Crippen LogP contribution in [0, 0.1) is 5.92 Å². The van der Waals surface area contributed by atoms with Crippen molar-refractivity contribution in [1.29, 1.82) is 0 Å². The van der Waals surface area contributed by atoms with E-state index in [0.717, 1.165) is 18.2 Å². The normalized spacial score (nSPS) is 15.1. The zero-order valence-electron chi connectivity index (χ0n) is 13.5. The molecular weight excluding hydrogens is 274 g/mol. The molecule has 3 nitrogen and oxygen atoms in total. The highest BCUT2D eigenvalue weighted by Gasteiger charge is 2.13. The SMILES string of the molecule is O=C(O)c1ccc(NCCCCCCCC2CCCC2)cc1. The summed E-state index contributed by atoms with van der Waals surface area (Å²) in [6.45, 7) is 0.967. The third kappa shape index (κ3) is 6.08. The van der Waals surface area contributed by atoms with Crippen LogP contribution < -0.4 is 5.32 Å². The first-order chi connectivity index (χ1) is 10.8. The molecule has 1 aromatic carbocycles. The van der Waals surface area contributed by atoms with Crippen LogP contribution >= 0.6 is 0 Å². The van der Waals surface area contributed by atoms with Crippen molar-refractivity contribution < 1.29 is 9.90 Å². The number of aromatic carboxylic acids is 1. The van der Waals surface area contributed by atoms with Gasteiger partial charge >= 0.3 is 5.97 Å². The molecule has 1 aliphatic rings. The second-order valence-electron chi connectivity index (χ2n) is 6.52. The summed E-state index contributed by atoms with van der Waals surface area (Å²) >= 11 is 0. The van der Waals surface area contributed by atoms with Crippen LogP contribution in [-0.4, -0.2) is 17.6 Å². The molecule has 0 aromatic heterocycles. The molecule has 0 amide bonds. The predicted molar refractivity (Wildman–Crippen MR) is 91.6 cm³/mol. The molecule has 0 spiro atoms. The number of carboxylic acids is 1. The first-order valence-corrected chi connectivity index (χ1v) is 8.83. The average Bonchev–Trinajstić information content (AvgIpc) is 3.03. The van der Waals surface area contributed by atoms with E-state index < -0.39 is 5.97 Å². The predicted octanol–water partition coefficient (Wildman–Crippen LogP) is 5.33. The Morgan fingerprint density at radius 2 is 1.64 bits per heavy atom. The lowest BCUT2D eigenvalue weighted by molar-refractivity contribution is 0.0697. The quantitative estimate of drug-likeness (QED) is 0.574. The molecule has 2 N–H and O–H groups in total. The average molecular weight is 303 g/mol. The summed E-state index contributed by atoms with van der Waals surface area (Å²) in [6, 6.07) is 6.97. The van der Waals surface area contributed by atoms with Crippen LogP contribution in [0.4, 0.5) is 5.69 Å². The van der Waals surface area contributed by atoms with Gasteiger partial charge in [-0.3, -0.25) is 0 Å². The number of anilines is 1. The maximum Gasteiger partial charge on any atom is 0.335 e. The molecule has 0 atom stereocenters. The largest absolute Gasteiger partial charge is 0.478 e. The molecule has 0 heterocycles. The summed E-state index contributed by atoms with van der Waals surface area (Å²) in [7, 11) is 0. The second-order valence-corrected chi connectivity index (χ2v) is 6.52. The minimum Gasteiger partial charge on any atom is -0.478 e. The number of carbonyl (C=O) groups is 1. The first kappa shape index (κ1) is 16.9. The maximum absolute atomic E-state index is 10.8. The van der Waals surface area contributed by atoms with Crippen LogP contribution in [0.25, 0.3) is 0 Å². The summed E-state index contributed by atoms with van der Waals surface area (Å²) in [5.74, 6) is 0.166. The third-order valence-corrected chi connectivity index (χ3v) is 4.72. The molecule has 0 unspecified atom stereocenters. The van der Waals surface area contributed by atoms with Crippen molar-refractivity contribution in [3.63, 3.8) is 0 Å². The Morgan fingerprint density at radius 3 is 2.32 bits per heavy atom. The molecule has 2 rings (SSSR count). The van der Waals surface area contributed by atoms with E-state index in [1.807, 2.05) is 12.1 Å². The Bertz CT molecular complexity index is 435. The van der Waals surface area contributed by atoms with Crippen LogP contribution in [0.5, 0.6) is 0 Å². The highest BCUT2D eigenvalue weighted by atomic mass is 16.4. The van der Waals surface area contributed by atoms with Crippen LogP contribution in [-0.2, 0) is 0 Å². The van der Waals surface area contributed by atoms with Gasteiger partial charge in [-0.2, -0.15) is 0 Å². The fourth-order valence-corrected chi connectivity index (χ4v) is 3.35. The maximum atomic E-state index is 10.8. The second kappa shape index (κ2) is 9.50. The number of nitrogens with one attached hydrogen (secondary N) is 1. The van der Waals surface area contributed by atoms with E-state index in [1.54, 1.807) is 12.1 Å². The van der Waals surface area contributed by atoms with Crippen molar-refractivity contribution in [3.8, 4) is 0 Å². The zero-order chi connectivity index (χ0) is 15.6. The van der Waals surface area contributed by atoms with Gasteiger partial charge in [0, 0.05) is 12.2 Å². The smallest absolute Gasteiger partial charge is 0.335 e. The Hall–Kier alpha value is -1.51. The Kier molecular flexibility index (Phi) is 7.27. The number of benzene rings is 1. The molecule has 0 saturated heterocycles. The molecule has 0 radical (unpaired) electrons. The molecule has 22 heavy (non-hydrogen) atoms. The lowest BCUT2D eigenvalue weighted by Gasteiger charge is -2.09. The summed E-state index contributed by atoms with van der Waals surface area (Å²) < 4.78 is 0. The minimum atomic E-state index is -0.871. The molecule has 1 aliphatic carbocycles. The van der Waals surface area contributed by atoms with Crippen molar-refractivity contribution in [3.05, 3.63) is 29.8 Å². The Morgan fingerprint density at radius 1 is 1.00 bits per heavy atom. The minimum absolute atomic E-state index is 0.341. The molecule has 0 aliphatic heterocycles. The van der Waals surface area contributed by atoms with Crippen LogP contribution in [0.1, 0.15) is 74.6 Å². The van der Waals surface area contributed by atoms with E-state index in [1.165, 1.54) is 64.2 Å². The van der Waals surface area contributed by atoms with Crippen molar-refractivity contribution in [1.82, 2.24) is 0 Å². The molecule has 1 aromatic rings. The number of hydrogen-bond donors (Lipinski definition) is 2. The zero-order valence-corrected chi connectivity index (χ0v) is 13.5. The summed E-state index contributed by atoms with van der Waals surface area (Å²) in [5.41, 5.74) is 1.35. The number of unbranched alkanes of at least 4 members (excludes halogenated alkanes) is 4. The van der Waals surface area contributed by atoms with Crippen LogP contribution in [0.3, 0.4) is 0 Å². The van der Waals surface area contributed by atoms with E-state index in [-0.39, 0.29) is 0 Å². The lowest BCUT2D eigenvalue weighted by atomic mass is 9.99. The monoisotopic (exact) mass is 303 g/mol. The number of hydrogen-bond acceptors (Lipinski definition) is 2. The molecule has 122 valence electrons. The van der Waals surface area contributed by atoms with E-state index in [0.29, 0.717) is 5.56 Å². The first-order valence-electron chi connectivity index (χ1n) is 8.83. The summed E-state index contributed by atoms with van der Waals surface area (Å²) in [5, 5.41) is 12.2. The van der Waals surface area contributed by atoms with Gasteiger partial charge in [-0.05, 0) is 36.6 Å². The van der Waals surface area contributed by atoms with Crippen LogP contribution in [0.15, 0.2) is 24.3 Å². The molecular formula is C19H29NO2. The highest BCUT2D eigenvalue weighted by Crippen LogP contribution is 2.29. The van der Waals surface area contributed by atoms with E-state index in [4.69, 9.17) is 5.11 Å². The van der Waals surface area contributed by atoms with Gasteiger partial charge in [-0.15, -0.1) is 0 Å². The van der Waals surface area contributed by atoms with Crippen molar-refractivity contribution in [2.24, 2.45) is 5.92 Å². The lowest BCUT2D eigenvalue weighted by Crippen LogP contribution is -2.02. The van der Waals surface area contributed by atoms with Gasteiger partial charge in [-0.1, -0.05) is 57.8 Å². The van der Waals surface area contributed by atoms with Crippen molar-refractivity contribution >= 4 is 11.7 Å². The molecule has 3 heteroatoms. The van der Waals surface area contributed by atoms with Gasteiger partial charge in [0.2, 0.25) is 0 Å². The van der Waals surface area contributed by atoms with Gasteiger partial charge in [0.1, 0.15) is 0 Å². The van der Waals surface area contributed by atoms with E-state index in [2.05, 4.69) is 5.32 Å². The third-order valence-electron chi connectivity index (χ3n) is 4.72. The van der Waals surface area contributed by atoms with Crippen molar-refractivity contribution in [2.75, 3.05) is 11.9 Å². The van der Waals surface area contributed by atoms with Gasteiger partial charge < -0.3 is 10.4 Å². The molecule has 1 fully saturated rings. The van der Waals surface area contributed by atoms with Crippen molar-refractivity contribution in [2.45, 2.75) is 64.2 Å². The van der Waals surface area contributed by atoms with Gasteiger partial charge in [-0.25, -0.2) is 4.79 Å². The van der Waals surface area contributed by atoms with Gasteiger partial charge in [0.05, 0.1) is 5.56 Å².